The SMILES string of the molecule is CC1=Nc2c(-c3ccc(Cl)cc3)c(C)nn2[C@H](c2ccccc2O)C1. The largest absolute Gasteiger partial charge is 0.508 e. The average Bonchev–Trinajstić information content (AvgIpc) is 2.91. The van der Waals surface area contributed by atoms with Crippen LogP contribution in [0, 0.1) is 6.92 Å². The highest BCUT2D eigenvalue weighted by atomic mass is 35.5. The van der Waals surface area contributed by atoms with Gasteiger partial charge >= 0.3 is 0 Å². The Labute approximate surface area is 151 Å². The van der Waals surface area contributed by atoms with Crippen LogP contribution in [-0.4, -0.2) is 20.6 Å². The number of phenols is 1. The number of aliphatic imine (C=N–C) groups is 1. The van der Waals surface area contributed by atoms with E-state index >= 15 is 0 Å². The van der Waals surface area contributed by atoms with Gasteiger partial charge in [-0.2, -0.15) is 5.10 Å². The van der Waals surface area contributed by atoms with Crippen LogP contribution in [0.15, 0.2) is 53.5 Å². The molecule has 1 aliphatic rings. The summed E-state index contributed by atoms with van der Waals surface area (Å²) in [5, 5.41) is 15.8. The second kappa shape index (κ2) is 6.05. The number of para-hydroxylation sites is 1. The van der Waals surface area contributed by atoms with E-state index in [1.165, 1.54) is 0 Å². The van der Waals surface area contributed by atoms with Gasteiger partial charge in [-0.05, 0) is 37.6 Å². The summed E-state index contributed by atoms with van der Waals surface area (Å²) in [6.45, 7) is 4.01. The molecule has 0 spiro atoms. The van der Waals surface area contributed by atoms with Crippen LogP contribution in [0.25, 0.3) is 11.1 Å². The predicted molar refractivity (Wildman–Crippen MR) is 101 cm³/mol. The summed E-state index contributed by atoms with van der Waals surface area (Å²) in [5.41, 5.74) is 4.85. The number of benzene rings is 2. The second-order valence-corrected chi connectivity index (χ2v) is 6.80. The minimum absolute atomic E-state index is 0.0616. The van der Waals surface area contributed by atoms with E-state index in [0.717, 1.165) is 40.3 Å². The van der Waals surface area contributed by atoms with Gasteiger partial charge in [0.15, 0.2) is 5.82 Å². The second-order valence-electron chi connectivity index (χ2n) is 6.36. The first kappa shape index (κ1) is 15.9. The van der Waals surface area contributed by atoms with E-state index in [2.05, 4.69) is 0 Å². The van der Waals surface area contributed by atoms with Gasteiger partial charge in [0.2, 0.25) is 0 Å². The van der Waals surface area contributed by atoms with E-state index in [0.29, 0.717) is 5.02 Å². The Bertz CT molecular complexity index is 973. The quantitative estimate of drug-likeness (QED) is 0.680. The smallest absolute Gasteiger partial charge is 0.159 e. The van der Waals surface area contributed by atoms with E-state index < -0.39 is 0 Å². The minimum atomic E-state index is -0.0616. The molecule has 0 saturated heterocycles. The van der Waals surface area contributed by atoms with Crippen molar-refractivity contribution in [1.82, 2.24) is 9.78 Å². The lowest BCUT2D eigenvalue weighted by Gasteiger charge is -2.24. The van der Waals surface area contributed by atoms with Crippen molar-refractivity contribution < 1.29 is 5.11 Å². The summed E-state index contributed by atoms with van der Waals surface area (Å²) < 4.78 is 1.93. The van der Waals surface area contributed by atoms with Crippen LogP contribution in [0.2, 0.25) is 5.02 Å². The molecule has 0 amide bonds. The molecule has 3 aromatic rings. The van der Waals surface area contributed by atoms with E-state index in [9.17, 15) is 5.11 Å². The monoisotopic (exact) mass is 351 g/mol. The Hall–Kier alpha value is -2.59. The van der Waals surface area contributed by atoms with Crippen LogP contribution >= 0.6 is 11.6 Å². The molecule has 4 nitrogen and oxygen atoms in total. The highest BCUT2D eigenvalue weighted by Crippen LogP contribution is 2.42. The molecule has 1 atom stereocenters. The molecular weight excluding hydrogens is 334 g/mol. The van der Waals surface area contributed by atoms with Gasteiger partial charge in [-0.3, -0.25) is 0 Å². The summed E-state index contributed by atoms with van der Waals surface area (Å²) in [7, 11) is 0. The van der Waals surface area contributed by atoms with Gasteiger partial charge in [-0.15, -0.1) is 0 Å². The Morgan fingerprint density at radius 3 is 2.52 bits per heavy atom. The number of aromatic hydroxyl groups is 1. The molecule has 0 radical (unpaired) electrons. The third-order valence-corrected chi connectivity index (χ3v) is 4.82. The Kier molecular flexibility index (Phi) is 3.85. The number of aromatic nitrogens is 2. The number of nitrogens with zero attached hydrogens (tertiary/aromatic N) is 3. The van der Waals surface area contributed by atoms with Gasteiger partial charge in [-0.25, -0.2) is 9.67 Å². The third-order valence-electron chi connectivity index (χ3n) is 4.57. The van der Waals surface area contributed by atoms with E-state index in [4.69, 9.17) is 21.7 Å². The molecule has 5 heteroatoms. The molecule has 1 aromatic heterocycles. The number of fused-ring (bicyclic) bond motifs is 1. The molecule has 0 bridgehead atoms. The van der Waals surface area contributed by atoms with Gasteiger partial charge in [0.1, 0.15) is 5.75 Å². The maximum Gasteiger partial charge on any atom is 0.159 e. The number of hydrogen-bond donors (Lipinski definition) is 1. The first-order chi connectivity index (χ1) is 12.0. The number of halogens is 1. The lowest BCUT2D eigenvalue weighted by atomic mass is 9.98. The van der Waals surface area contributed by atoms with Crippen LogP contribution < -0.4 is 0 Å². The standard InChI is InChI=1S/C20H18ClN3O/c1-12-11-17(16-5-3-4-6-18(16)25)24-20(22-12)19(13(2)23-24)14-7-9-15(21)10-8-14/h3-10,17,25H,11H2,1-2H3/t17-/m0/s1. The summed E-state index contributed by atoms with van der Waals surface area (Å²) in [5.74, 6) is 1.12. The third kappa shape index (κ3) is 2.72. The highest BCUT2D eigenvalue weighted by Gasteiger charge is 2.29. The summed E-state index contributed by atoms with van der Waals surface area (Å²) in [6.07, 6.45) is 0.728. The van der Waals surface area contributed by atoms with Crippen molar-refractivity contribution in [2.75, 3.05) is 0 Å². The number of aryl methyl sites for hydroxylation is 1. The Morgan fingerprint density at radius 2 is 1.80 bits per heavy atom. The first-order valence-corrected chi connectivity index (χ1v) is 8.59. The van der Waals surface area contributed by atoms with Crippen LogP contribution in [0.4, 0.5) is 5.82 Å². The Balaban J connectivity index is 1.90. The van der Waals surface area contributed by atoms with Crippen LogP contribution in [0.5, 0.6) is 5.75 Å². The fraction of sp³-hybridized carbons (Fsp3) is 0.200. The summed E-state index contributed by atoms with van der Waals surface area (Å²) >= 11 is 6.02. The van der Waals surface area contributed by atoms with Gasteiger partial charge in [0.05, 0.1) is 11.7 Å². The molecule has 0 saturated carbocycles. The highest BCUT2D eigenvalue weighted by molar-refractivity contribution is 6.30. The molecule has 0 aliphatic carbocycles. The molecular formula is C20H18ClN3O. The minimum Gasteiger partial charge on any atom is -0.508 e. The molecule has 0 fully saturated rings. The van der Waals surface area contributed by atoms with Crippen molar-refractivity contribution in [2.45, 2.75) is 26.3 Å². The van der Waals surface area contributed by atoms with Crippen molar-refractivity contribution >= 4 is 23.1 Å². The summed E-state index contributed by atoms with van der Waals surface area (Å²) in [6, 6.07) is 15.1. The van der Waals surface area contributed by atoms with Gasteiger partial charge < -0.3 is 5.11 Å². The van der Waals surface area contributed by atoms with Crippen molar-refractivity contribution in [3.05, 3.63) is 64.8 Å². The molecule has 0 unspecified atom stereocenters. The van der Waals surface area contributed by atoms with Gasteiger partial charge in [0.25, 0.3) is 0 Å². The fourth-order valence-corrected chi connectivity index (χ4v) is 3.54. The van der Waals surface area contributed by atoms with E-state index in [-0.39, 0.29) is 11.8 Å². The van der Waals surface area contributed by atoms with Crippen molar-refractivity contribution in [2.24, 2.45) is 4.99 Å². The normalized spacial score (nSPS) is 16.4. The lowest BCUT2D eigenvalue weighted by Crippen LogP contribution is -2.19. The van der Waals surface area contributed by atoms with Crippen LogP contribution in [0.1, 0.15) is 30.6 Å². The van der Waals surface area contributed by atoms with E-state index in [1.807, 2.05) is 61.0 Å². The lowest BCUT2D eigenvalue weighted by molar-refractivity contribution is 0.443. The molecule has 126 valence electrons. The molecule has 2 heterocycles. The predicted octanol–water partition coefficient (Wildman–Crippen LogP) is 5.30. The molecule has 25 heavy (non-hydrogen) atoms. The number of hydrogen-bond acceptors (Lipinski definition) is 3. The maximum absolute atomic E-state index is 10.3. The van der Waals surface area contributed by atoms with Crippen molar-refractivity contribution in [3.8, 4) is 16.9 Å². The fourth-order valence-electron chi connectivity index (χ4n) is 3.42. The maximum atomic E-state index is 10.3. The van der Waals surface area contributed by atoms with Crippen molar-refractivity contribution in [3.63, 3.8) is 0 Å². The molecule has 4 rings (SSSR count). The summed E-state index contributed by atoms with van der Waals surface area (Å²) in [4.78, 5) is 4.77. The van der Waals surface area contributed by atoms with Gasteiger partial charge in [-0.1, -0.05) is 41.9 Å². The number of phenolic OH excluding ortho intramolecular Hbond substituents is 1. The molecule has 1 N–H and O–H groups in total. The van der Waals surface area contributed by atoms with Crippen molar-refractivity contribution in [1.29, 1.82) is 0 Å². The molecule has 1 aliphatic heterocycles. The zero-order chi connectivity index (χ0) is 17.6. The van der Waals surface area contributed by atoms with Crippen LogP contribution in [0.3, 0.4) is 0 Å². The zero-order valence-electron chi connectivity index (χ0n) is 14.1. The first-order valence-electron chi connectivity index (χ1n) is 8.21. The zero-order valence-corrected chi connectivity index (χ0v) is 14.8. The Morgan fingerprint density at radius 1 is 1.08 bits per heavy atom. The average molecular weight is 352 g/mol. The topological polar surface area (TPSA) is 50.4 Å². The van der Waals surface area contributed by atoms with Crippen LogP contribution in [-0.2, 0) is 0 Å². The molecule has 2 aromatic carbocycles. The number of rotatable bonds is 2. The van der Waals surface area contributed by atoms with E-state index in [1.54, 1.807) is 6.07 Å². The van der Waals surface area contributed by atoms with Gasteiger partial charge in [0, 0.05) is 28.3 Å².